The number of nitrogens with one attached hydrogen (secondary N) is 1. The largest absolute Gasteiger partial charge is 0.449 e. The van der Waals surface area contributed by atoms with Gasteiger partial charge in [-0.25, -0.2) is 21.9 Å². The molecule has 3 atom stereocenters. The second-order valence-electron chi connectivity index (χ2n) is 7.35. The van der Waals surface area contributed by atoms with Crippen molar-refractivity contribution in [1.29, 1.82) is 0 Å². The van der Waals surface area contributed by atoms with Crippen LogP contribution in [0.5, 0.6) is 0 Å². The molecule has 0 bridgehead atoms. The summed E-state index contributed by atoms with van der Waals surface area (Å²) in [5, 5.41) is 2.88. The molecule has 1 aromatic rings. The maximum absolute atomic E-state index is 14.1. The third kappa shape index (κ3) is 5.08. The second kappa shape index (κ2) is 9.00. The average molecular weight is 414 g/mol. The monoisotopic (exact) mass is 414 g/mol. The van der Waals surface area contributed by atoms with E-state index in [-0.39, 0.29) is 10.9 Å². The SMILES string of the molecule is C[C@@H]1CCCC[C@@H]1NC(=O)[C@@H](C)OC(=O)c1cc(S(=O)(=O)N(C)C)ccc1F. The molecule has 1 saturated carbocycles. The highest BCUT2D eigenvalue weighted by molar-refractivity contribution is 7.89. The third-order valence-electron chi connectivity index (χ3n) is 5.03. The molecule has 156 valence electrons. The van der Waals surface area contributed by atoms with Gasteiger partial charge in [0.1, 0.15) is 5.82 Å². The van der Waals surface area contributed by atoms with Crippen LogP contribution in [0.25, 0.3) is 0 Å². The number of carbonyl (C=O) groups excluding carboxylic acids is 2. The zero-order chi connectivity index (χ0) is 21.1. The van der Waals surface area contributed by atoms with Gasteiger partial charge in [0.25, 0.3) is 5.91 Å². The number of halogens is 1. The van der Waals surface area contributed by atoms with Crippen molar-refractivity contribution in [3.63, 3.8) is 0 Å². The smallest absolute Gasteiger partial charge is 0.341 e. The topological polar surface area (TPSA) is 92.8 Å². The van der Waals surface area contributed by atoms with Crippen molar-refractivity contribution in [2.75, 3.05) is 14.1 Å². The van der Waals surface area contributed by atoms with Crippen molar-refractivity contribution < 1.29 is 27.1 Å². The highest BCUT2D eigenvalue weighted by atomic mass is 32.2. The molecule has 0 unspecified atom stereocenters. The van der Waals surface area contributed by atoms with Gasteiger partial charge < -0.3 is 10.1 Å². The lowest BCUT2D eigenvalue weighted by Crippen LogP contribution is -2.46. The highest BCUT2D eigenvalue weighted by Crippen LogP contribution is 2.24. The van der Waals surface area contributed by atoms with Gasteiger partial charge in [-0.05, 0) is 43.9 Å². The second-order valence-corrected chi connectivity index (χ2v) is 9.51. The molecule has 1 aromatic carbocycles. The van der Waals surface area contributed by atoms with E-state index in [9.17, 15) is 22.4 Å². The number of benzene rings is 1. The van der Waals surface area contributed by atoms with E-state index in [4.69, 9.17) is 4.74 Å². The number of nitrogens with zero attached hydrogens (tertiary/aromatic N) is 1. The van der Waals surface area contributed by atoms with Crippen LogP contribution in [-0.4, -0.2) is 50.8 Å². The van der Waals surface area contributed by atoms with Gasteiger partial charge in [0.2, 0.25) is 10.0 Å². The highest BCUT2D eigenvalue weighted by Gasteiger charge is 2.28. The van der Waals surface area contributed by atoms with Gasteiger partial charge in [0.05, 0.1) is 10.5 Å². The predicted molar refractivity (Wildman–Crippen MR) is 102 cm³/mol. The summed E-state index contributed by atoms with van der Waals surface area (Å²) in [6.07, 6.45) is 2.92. The maximum atomic E-state index is 14.1. The Hall–Kier alpha value is -2.00. The molecular formula is C19H27FN2O5S. The summed E-state index contributed by atoms with van der Waals surface area (Å²) in [5.74, 6) is -2.13. The molecule has 0 aliphatic heterocycles. The standard InChI is InChI=1S/C19H27FN2O5S/c1-12-7-5-6-8-17(12)21-18(23)13(2)27-19(24)15-11-14(9-10-16(15)20)28(25,26)22(3)4/h9-13,17H,5-8H2,1-4H3,(H,21,23)/t12-,13-,17+/m1/s1. The molecule has 9 heteroatoms. The first-order chi connectivity index (χ1) is 13.0. The Kier molecular flexibility index (Phi) is 7.16. The number of carbonyl (C=O) groups is 2. The Labute approximate surface area is 165 Å². The van der Waals surface area contributed by atoms with Gasteiger partial charge in [-0.15, -0.1) is 0 Å². The molecule has 1 N–H and O–H groups in total. The first kappa shape index (κ1) is 22.3. The zero-order valence-electron chi connectivity index (χ0n) is 16.6. The van der Waals surface area contributed by atoms with E-state index in [1.807, 2.05) is 0 Å². The molecule has 0 heterocycles. The van der Waals surface area contributed by atoms with Crippen LogP contribution in [0.4, 0.5) is 4.39 Å². The summed E-state index contributed by atoms with van der Waals surface area (Å²) in [5.41, 5.74) is -0.534. The van der Waals surface area contributed by atoms with E-state index in [0.717, 1.165) is 48.2 Å². The van der Waals surface area contributed by atoms with Gasteiger partial charge >= 0.3 is 5.97 Å². The number of ether oxygens (including phenoxy) is 1. The first-order valence-corrected chi connectivity index (χ1v) is 10.7. The normalized spacial score (nSPS) is 21.2. The zero-order valence-corrected chi connectivity index (χ0v) is 17.4. The minimum atomic E-state index is -3.84. The number of amides is 1. The van der Waals surface area contributed by atoms with Crippen LogP contribution in [0, 0.1) is 11.7 Å². The van der Waals surface area contributed by atoms with Crippen LogP contribution in [0.2, 0.25) is 0 Å². The number of esters is 1. The molecular weight excluding hydrogens is 387 g/mol. The molecule has 1 amide bonds. The summed E-state index contributed by atoms with van der Waals surface area (Å²) in [7, 11) is -1.18. The van der Waals surface area contributed by atoms with Crippen LogP contribution in [0.3, 0.4) is 0 Å². The van der Waals surface area contributed by atoms with Crippen LogP contribution in [-0.2, 0) is 19.6 Å². The number of rotatable bonds is 6. The van der Waals surface area contributed by atoms with Crippen LogP contribution >= 0.6 is 0 Å². The number of hydrogen-bond donors (Lipinski definition) is 1. The lowest BCUT2D eigenvalue weighted by molar-refractivity contribution is -0.130. The van der Waals surface area contributed by atoms with E-state index < -0.39 is 39.4 Å². The minimum absolute atomic E-state index is 0.0210. The molecule has 1 fully saturated rings. The van der Waals surface area contributed by atoms with Crippen LogP contribution in [0.15, 0.2) is 23.1 Å². The van der Waals surface area contributed by atoms with Crippen molar-refractivity contribution in [2.45, 2.75) is 56.6 Å². The quantitative estimate of drug-likeness (QED) is 0.721. The summed E-state index contributed by atoms with van der Waals surface area (Å²) >= 11 is 0. The lowest BCUT2D eigenvalue weighted by Gasteiger charge is -2.30. The van der Waals surface area contributed by atoms with Gasteiger partial charge in [-0.3, -0.25) is 4.79 Å². The van der Waals surface area contributed by atoms with Gasteiger partial charge in [-0.2, -0.15) is 0 Å². The first-order valence-electron chi connectivity index (χ1n) is 9.27. The summed E-state index contributed by atoms with van der Waals surface area (Å²) in [4.78, 5) is 24.4. The molecule has 1 aliphatic carbocycles. The molecule has 0 spiro atoms. The van der Waals surface area contributed by atoms with Crippen LogP contribution < -0.4 is 5.32 Å². The molecule has 28 heavy (non-hydrogen) atoms. The Morgan fingerprint density at radius 2 is 1.89 bits per heavy atom. The van der Waals surface area contributed by atoms with Gasteiger partial charge in [-0.1, -0.05) is 19.8 Å². The Morgan fingerprint density at radius 1 is 1.25 bits per heavy atom. The molecule has 0 radical (unpaired) electrons. The van der Waals surface area contributed by atoms with E-state index >= 15 is 0 Å². The predicted octanol–water partition coefficient (Wildman–Crippen LogP) is 2.32. The summed E-state index contributed by atoms with van der Waals surface area (Å²) in [6, 6.07) is 2.90. The van der Waals surface area contributed by atoms with Gasteiger partial charge in [0, 0.05) is 20.1 Å². The van der Waals surface area contributed by atoms with E-state index in [1.54, 1.807) is 0 Å². The van der Waals surface area contributed by atoms with E-state index in [0.29, 0.717) is 5.92 Å². The van der Waals surface area contributed by atoms with Crippen LogP contribution in [0.1, 0.15) is 49.9 Å². The molecule has 2 rings (SSSR count). The van der Waals surface area contributed by atoms with Crippen molar-refractivity contribution in [2.24, 2.45) is 5.92 Å². The maximum Gasteiger partial charge on any atom is 0.341 e. The Morgan fingerprint density at radius 3 is 2.50 bits per heavy atom. The number of hydrogen-bond acceptors (Lipinski definition) is 5. The Balaban J connectivity index is 2.10. The molecule has 0 saturated heterocycles. The van der Waals surface area contributed by atoms with Crippen molar-refractivity contribution in [1.82, 2.24) is 9.62 Å². The summed E-state index contributed by atoms with van der Waals surface area (Å²) < 4.78 is 44.5. The van der Waals surface area contributed by atoms with Crippen molar-refractivity contribution in [3.05, 3.63) is 29.6 Å². The Bertz CT molecular complexity index is 841. The lowest BCUT2D eigenvalue weighted by atomic mass is 9.86. The molecule has 1 aliphatic rings. The van der Waals surface area contributed by atoms with Crippen molar-refractivity contribution in [3.8, 4) is 0 Å². The fourth-order valence-electron chi connectivity index (χ4n) is 3.14. The summed E-state index contributed by atoms with van der Waals surface area (Å²) in [6.45, 7) is 3.46. The van der Waals surface area contributed by atoms with E-state index in [1.165, 1.54) is 21.0 Å². The third-order valence-corrected chi connectivity index (χ3v) is 6.84. The van der Waals surface area contributed by atoms with E-state index in [2.05, 4.69) is 12.2 Å². The van der Waals surface area contributed by atoms with Crippen molar-refractivity contribution >= 4 is 21.9 Å². The minimum Gasteiger partial charge on any atom is -0.449 e. The average Bonchev–Trinajstić information content (AvgIpc) is 2.63. The number of sulfonamides is 1. The fraction of sp³-hybridized carbons (Fsp3) is 0.579. The molecule has 7 nitrogen and oxygen atoms in total. The molecule has 0 aromatic heterocycles. The fourth-order valence-corrected chi connectivity index (χ4v) is 4.07. The van der Waals surface area contributed by atoms with Gasteiger partial charge in [0.15, 0.2) is 6.10 Å².